The molecule has 1 aliphatic rings. The van der Waals surface area contributed by atoms with Crippen LogP contribution in [0.4, 0.5) is 0 Å². The molecule has 1 N–H and O–H groups in total. The Morgan fingerprint density at radius 3 is 2.27 bits per heavy atom. The quantitative estimate of drug-likeness (QED) is 0.435. The number of halogens is 1. The SMILES string of the molecule is CC(C)(I)C1CC(=O)NC1=O. The molecule has 0 radical (unpaired) electrons. The summed E-state index contributed by atoms with van der Waals surface area (Å²) in [6.45, 7) is 3.91. The van der Waals surface area contributed by atoms with Crippen LogP contribution in [-0.4, -0.2) is 15.2 Å². The first kappa shape index (κ1) is 8.96. The van der Waals surface area contributed by atoms with Gasteiger partial charge in [0.25, 0.3) is 0 Å². The second kappa shape index (κ2) is 2.73. The lowest BCUT2D eigenvalue weighted by molar-refractivity contribution is -0.125. The fourth-order valence-corrected chi connectivity index (χ4v) is 1.61. The van der Waals surface area contributed by atoms with Gasteiger partial charge in [-0.2, -0.15) is 0 Å². The third-order valence-electron chi connectivity index (χ3n) is 1.80. The van der Waals surface area contributed by atoms with E-state index in [1.54, 1.807) is 0 Å². The van der Waals surface area contributed by atoms with Crippen molar-refractivity contribution in [3.63, 3.8) is 0 Å². The number of alkyl halides is 1. The minimum absolute atomic E-state index is 0.130. The smallest absolute Gasteiger partial charge is 0.231 e. The molecule has 1 unspecified atom stereocenters. The second-order valence-corrected chi connectivity index (χ2v) is 6.01. The number of hydrogen-bond acceptors (Lipinski definition) is 2. The summed E-state index contributed by atoms with van der Waals surface area (Å²) in [5.74, 6) is -0.435. The van der Waals surface area contributed by atoms with Crippen molar-refractivity contribution < 1.29 is 9.59 Å². The summed E-state index contributed by atoms with van der Waals surface area (Å²) in [6.07, 6.45) is 0.342. The number of rotatable bonds is 1. The number of amides is 2. The van der Waals surface area contributed by atoms with Crippen molar-refractivity contribution in [1.82, 2.24) is 5.32 Å². The molecule has 0 aromatic heterocycles. The second-order valence-electron chi connectivity index (χ2n) is 3.23. The van der Waals surface area contributed by atoms with E-state index in [9.17, 15) is 9.59 Å². The van der Waals surface area contributed by atoms with E-state index in [2.05, 4.69) is 27.9 Å². The standard InChI is InChI=1S/C7H10INO2/c1-7(2,8)4-3-5(10)9-6(4)11/h4H,3H2,1-2H3,(H,9,10,11). The van der Waals surface area contributed by atoms with Crippen molar-refractivity contribution in [3.05, 3.63) is 0 Å². The van der Waals surface area contributed by atoms with Gasteiger partial charge in [-0.25, -0.2) is 0 Å². The zero-order valence-electron chi connectivity index (χ0n) is 6.48. The third-order valence-corrected chi connectivity index (χ3v) is 2.55. The van der Waals surface area contributed by atoms with Crippen molar-refractivity contribution in [2.24, 2.45) is 5.92 Å². The lowest BCUT2D eigenvalue weighted by atomic mass is 9.94. The Bertz CT molecular complexity index is 207. The summed E-state index contributed by atoms with van der Waals surface area (Å²) in [6, 6.07) is 0. The number of hydrogen-bond donors (Lipinski definition) is 1. The van der Waals surface area contributed by atoms with Gasteiger partial charge < -0.3 is 0 Å². The van der Waals surface area contributed by atoms with Crippen molar-refractivity contribution in [2.45, 2.75) is 23.7 Å². The maximum absolute atomic E-state index is 11.1. The van der Waals surface area contributed by atoms with Gasteiger partial charge in [0.05, 0.1) is 5.92 Å². The van der Waals surface area contributed by atoms with Crippen LogP contribution in [0, 0.1) is 5.92 Å². The Balaban J connectivity index is 2.76. The molecule has 0 saturated carbocycles. The van der Waals surface area contributed by atoms with E-state index in [4.69, 9.17) is 0 Å². The summed E-state index contributed by atoms with van der Waals surface area (Å²) in [4.78, 5) is 21.9. The Hall–Kier alpha value is -0.130. The molecular formula is C7H10INO2. The maximum Gasteiger partial charge on any atom is 0.231 e. The van der Waals surface area contributed by atoms with Gasteiger partial charge in [-0.3, -0.25) is 14.9 Å². The molecule has 4 heteroatoms. The van der Waals surface area contributed by atoms with Gasteiger partial charge in [-0.05, 0) is 0 Å². The van der Waals surface area contributed by atoms with E-state index in [1.165, 1.54) is 0 Å². The average Bonchev–Trinajstić information content (AvgIpc) is 2.08. The van der Waals surface area contributed by atoms with E-state index in [1.807, 2.05) is 13.8 Å². The summed E-state index contributed by atoms with van der Waals surface area (Å²) < 4.78 is -0.131. The molecule has 11 heavy (non-hydrogen) atoms. The molecule has 1 aliphatic heterocycles. The largest absolute Gasteiger partial charge is 0.296 e. The highest BCUT2D eigenvalue weighted by molar-refractivity contribution is 14.1. The molecular weight excluding hydrogens is 257 g/mol. The molecule has 2 amide bonds. The number of nitrogens with one attached hydrogen (secondary N) is 1. The summed E-state index contributed by atoms with van der Waals surface area (Å²) in [5.41, 5.74) is 0. The van der Waals surface area contributed by atoms with E-state index in [0.717, 1.165) is 0 Å². The zero-order chi connectivity index (χ0) is 8.65. The molecule has 0 aromatic carbocycles. The normalized spacial score (nSPS) is 25.5. The first-order chi connectivity index (χ1) is 4.91. The Kier molecular flexibility index (Phi) is 2.22. The van der Waals surface area contributed by atoms with Gasteiger partial charge in [-0.15, -0.1) is 0 Å². The highest BCUT2D eigenvalue weighted by Crippen LogP contribution is 2.32. The van der Waals surface area contributed by atoms with Gasteiger partial charge in [0, 0.05) is 9.84 Å². The van der Waals surface area contributed by atoms with Gasteiger partial charge in [0.15, 0.2) is 0 Å². The molecule has 62 valence electrons. The molecule has 1 saturated heterocycles. The van der Waals surface area contributed by atoms with Crippen molar-refractivity contribution in [2.75, 3.05) is 0 Å². The Morgan fingerprint density at radius 1 is 1.55 bits per heavy atom. The molecule has 1 heterocycles. The summed E-state index contributed by atoms with van der Waals surface area (Å²) in [5, 5.41) is 2.29. The molecule has 1 atom stereocenters. The van der Waals surface area contributed by atoms with Crippen LogP contribution in [0.15, 0.2) is 0 Å². The monoisotopic (exact) mass is 267 g/mol. The summed E-state index contributed by atoms with van der Waals surface area (Å²) >= 11 is 2.19. The number of carbonyl (C=O) groups is 2. The van der Waals surface area contributed by atoms with Crippen LogP contribution in [0.3, 0.4) is 0 Å². The van der Waals surface area contributed by atoms with Crippen LogP contribution in [-0.2, 0) is 9.59 Å². The molecule has 3 nitrogen and oxygen atoms in total. The molecule has 1 fully saturated rings. The first-order valence-electron chi connectivity index (χ1n) is 3.44. The van der Waals surface area contributed by atoms with Crippen LogP contribution in [0.2, 0.25) is 0 Å². The van der Waals surface area contributed by atoms with Crippen LogP contribution < -0.4 is 5.32 Å². The Morgan fingerprint density at radius 2 is 2.09 bits per heavy atom. The molecule has 0 aliphatic carbocycles. The van der Waals surface area contributed by atoms with Crippen molar-refractivity contribution in [1.29, 1.82) is 0 Å². The Labute approximate surface area is 79.1 Å². The highest BCUT2D eigenvalue weighted by Gasteiger charge is 2.40. The number of carbonyl (C=O) groups excluding carboxylic acids is 2. The predicted octanol–water partition coefficient (Wildman–Crippen LogP) is 0.863. The van der Waals surface area contributed by atoms with E-state index in [0.29, 0.717) is 6.42 Å². The van der Waals surface area contributed by atoms with Crippen LogP contribution in [0.1, 0.15) is 20.3 Å². The fourth-order valence-electron chi connectivity index (χ4n) is 1.11. The van der Waals surface area contributed by atoms with Crippen LogP contribution in [0.5, 0.6) is 0 Å². The molecule has 0 aromatic rings. The van der Waals surface area contributed by atoms with Gasteiger partial charge in [0.2, 0.25) is 11.8 Å². The lowest BCUT2D eigenvalue weighted by Crippen LogP contribution is -2.31. The maximum atomic E-state index is 11.1. The van der Waals surface area contributed by atoms with E-state index >= 15 is 0 Å². The van der Waals surface area contributed by atoms with E-state index in [-0.39, 0.29) is 21.2 Å². The average molecular weight is 267 g/mol. The van der Waals surface area contributed by atoms with Gasteiger partial charge in [-0.1, -0.05) is 36.4 Å². The minimum Gasteiger partial charge on any atom is -0.296 e. The zero-order valence-corrected chi connectivity index (χ0v) is 8.64. The summed E-state index contributed by atoms with van der Waals surface area (Å²) in [7, 11) is 0. The van der Waals surface area contributed by atoms with Gasteiger partial charge >= 0.3 is 0 Å². The van der Waals surface area contributed by atoms with E-state index < -0.39 is 0 Å². The minimum atomic E-state index is -0.157. The first-order valence-corrected chi connectivity index (χ1v) is 4.52. The number of imide groups is 1. The third kappa shape index (κ3) is 1.91. The molecule has 0 spiro atoms. The molecule has 1 rings (SSSR count). The van der Waals surface area contributed by atoms with Gasteiger partial charge in [0.1, 0.15) is 0 Å². The highest BCUT2D eigenvalue weighted by atomic mass is 127. The van der Waals surface area contributed by atoms with Crippen molar-refractivity contribution >= 4 is 34.4 Å². The topological polar surface area (TPSA) is 46.2 Å². The molecule has 0 bridgehead atoms. The van der Waals surface area contributed by atoms with Crippen LogP contribution >= 0.6 is 22.6 Å². The van der Waals surface area contributed by atoms with Crippen molar-refractivity contribution in [3.8, 4) is 0 Å². The predicted molar refractivity (Wildman–Crippen MR) is 49.4 cm³/mol. The fraction of sp³-hybridized carbons (Fsp3) is 0.714. The van der Waals surface area contributed by atoms with Crippen LogP contribution in [0.25, 0.3) is 0 Å². The lowest BCUT2D eigenvalue weighted by Gasteiger charge is -2.20.